The number of likely N-dealkylation sites (tertiary alicyclic amines) is 1. The second kappa shape index (κ2) is 7.12. The molecule has 0 bridgehead atoms. The predicted molar refractivity (Wildman–Crippen MR) is 100 cm³/mol. The number of primary amides is 1. The van der Waals surface area contributed by atoms with Crippen molar-refractivity contribution < 1.29 is 24.0 Å². The van der Waals surface area contributed by atoms with Gasteiger partial charge in [-0.15, -0.1) is 0 Å². The lowest BCUT2D eigenvalue weighted by Crippen LogP contribution is -2.44. The highest BCUT2D eigenvalue weighted by Gasteiger charge is 2.36. The molecule has 28 heavy (non-hydrogen) atoms. The van der Waals surface area contributed by atoms with Gasteiger partial charge in [-0.25, -0.2) is 14.4 Å². The van der Waals surface area contributed by atoms with Crippen LogP contribution in [0, 0.1) is 0 Å². The van der Waals surface area contributed by atoms with Crippen LogP contribution in [0.3, 0.4) is 0 Å². The number of rotatable bonds is 3. The summed E-state index contributed by atoms with van der Waals surface area (Å²) in [4.78, 5) is 41.7. The van der Waals surface area contributed by atoms with Crippen LogP contribution < -0.4 is 10.6 Å². The molecule has 2 unspecified atom stereocenters. The zero-order valence-corrected chi connectivity index (χ0v) is 15.5. The summed E-state index contributed by atoms with van der Waals surface area (Å²) in [5, 5.41) is 1.14. The Balaban J connectivity index is 1.60. The van der Waals surface area contributed by atoms with E-state index in [0.29, 0.717) is 12.0 Å². The fourth-order valence-corrected chi connectivity index (χ4v) is 4.41. The molecule has 0 radical (unpaired) electrons. The highest BCUT2D eigenvalue weighted by Crippen LogP contribution is 2.43. The summed E-state index contributed by atoms with van der Waals surface area (Å²) in [6.45, 7) is 1.09. The SMILES string of the molecule is CN1CCCC2c3cccc4c3c(cn4OC(=O)/C=C\C(=O)OC(N)=O)CC21. The summed E-state index contributed by atoms with van der Waals surface area (Å²) in [6, 6.07) is 6.49. The van der Waals surface area contributed by atoms with Crippen LogP contribution >= 0.6 is 0 Å². The van der Waals surface area contributed by atoms with Gasteiger partial charge in [0.2, 0.25) is 0 Å². The van der Waals surface area contributed by atoms with Crippen LogP contribution in [0.25, 0.3) is 10.9 Å². The number of ether oxygens (including phenoxy) is 1. The van der Waals surface area contributed by atoms with E-state index in [-0.39, 0.29) is 0 Å². The van der Waals surface area contributed by atoms with E-state index in [4.69, 9.17) is 10.6 Å². The summed E-state index contributed by atoms with van der Waals surface area (Å²) < 4.78 is 5.57. The minimum atomic E-state index is -1.23. The summed E-state index contributed by atoms with van der Waals surface area (Å²) >= 11 is 0. The van der Waals surface area contributed by atoms with E-state index >= 15 is 0 Å². The van der Waals surface area contributed by atoms with Crippen LogP contribution in [0.5, 0.6) is 0 Å². The normalized spacial score (nSPS) is 21.5. The van der Waals surface area contributed by atoms with Crippen LogP contribution in [0.15, 0.2) is 36.5 Å². The number of carbonyl (C=O) groups is 3. The number of esters is 1. The molecule has 146 valence electrons. The van der Waals surface area contributed by atoms with Crippen molar-refractivity contribution in [1.82, 2.24) is 9.63 Å². The van der Waals surface area contributed by atoms with Gasteiger partial charge in [0.25, 0.3) is 0 Å². The third kappa shape index (κ3) is 3.27. The average molecular weight is 383 g/mol. The summed E-state index contributed by atoms with van der Waals surface area (Å²) in [6.07, 6.45) is 5.52. The number of hydrogen-bond acceptors (Lipinski definition) is 6. The Morgan fingerprint density at radius 3 is 2.79 bits per heavy atom. The topological polar surface area (TPSA) is 104 Å². The molecule has 0 spiro atoms. The number of nitrogens with zero attached hydrogens (tertiary/aromatic N) is 2. The first-order valence-electron chi connectivity index (χ1n) is 9.18. The molecule has 2 aliphatic rings. The summed E-state index contributed by atoms with van der Waals surface area (Å²) in [5.74, 6) is -1.32. The fraction of sp³-hybridized carbons (Fsp3) is 0.350. The molecule has 0 saturated carbocycles. The van der Waals surface area contributed by atoms with Gasteiger partial charge in [-0.1, -0.05) is 12.1 Å². The highest BCUT2D eigenvalue weighted by atomic mass is 16.7. The first kappa shape index (κ1) is 18.2. The van der Waals surface area contributed by atoms with Crippen LogP contribution in [-0.4, -0.2) is 47.3 Å². The standard InChI is InChI=1S/C20H21N3O5/c1-22-9-3-5-13-14-4-2-6-15-19(14)12(10-16(13)22)11-23(15)28-18(25)8-7-17(24)27-20(21)26/h2,4,6-8,11,13,16H,3,5,9-10H2,1H3,(H2,21,26)/b8-7-. The van der Waals surface area contributed by atoms with Crippen molar-refractivity contribution in [3.8, 4) is 0 Å². The number of likely N-dealkylation sites (N-methyl/N-ethyl adjacent to an activating group) is 1. The number of piperidine rings is 1. The number of fused-ring (bicyclic) bond motifs is 2. The smallest absolute Gasteiger partial charge is 0.373 e. The second-order valence-electron chi connectivity index (χ2n) is 7.21. The van der Waals surface area contributed by atoms with Gasteiger partial charge < -0.3 is 20.2 Å². The Kier molecular flexibility index (Phi) is 4.64. The van der Waals surface area contributed by atoms with Crippen molar-refractivity contribution in [2.24, 2.45) is 5.73 Å². The van der Waals surface area contributed by atoms with E-state index < -0.39 is 18.0 Å². The van der Waals surface area contributed by atoms with Crippen molar-refractivity contribution in [3.05, 3.63) is 47.7 Å². The van der Waals surface area contributed by atoms with Crippen molar-refractivity contribution in [2.45, 2.75) is 31.2 Å². The maximum absolute atomic E-state index is 12.1. The Bertz CT molecular complexity index is 993. The molecule has 2 N–H and O–H groups in total. The zero-order chi connectivity index (χ0) is 19.8. The molecular formula is C20H21N3O5. The van der Waals surface area contributed by atoms with E-state index in [2.05, 4.69) is 22.8 Å². The lowest BCUT2D eigenvalue weighted by molar-refractivity contribution is -0.138. The molecule has 1 fully saturated rings. The summed E-state index contributed by atoms with van der Waals surface area (Å²) in [5.41, 5.74) is 8.00. The van der Waals surface area contributed by atoms with Crippen LogP contribution in [-0.2, 0) is 20.7 Å². The molecule has 1 aliphatic carbocycles. The molecule has 2 atom stereocenters. The first-order valence-corrected chi connectivity index (χ1v) is 9.18. The van der Waals surface area contributed by atoms with Gasteiger partial charge in [0.1, 0.15) is 0 Å². The first-order chi connectivity index (χ1) is 13.4. The highest BCUT2D eigenvalue weighted by molar-refractivity contribution is 5.96. The van der Waals surface area contributed by atoms with Crippen LogP contribution in [0.1, 0.15) is 29.9 Å². The molecule has 8 heteroatoms. The van der Waals surface area contributed by atoms with Gasteiger partial charge >= 0.3 is 18.0 Å². The van der Waals surface area contributed by atoms with Crippen LogP contribution in [0.4, 0.5) is 4.79 Å². The molecule has 2 heterocycles. The van der Waals surface area contributed by atoms with Crippen LogP contribution in [0.2, 0.25) is 0 Å². The molecule has 1 aromatic carbocycles. The Labute approximate surface area is 161 Å². The average Bonchev–Trinajstić information content (AvgIpc) is 2.99. The maximum Gasteiger partial charge on any atom is 0.412 e. The third-order valence-electron chi connectivity index (χ3n) is 5.54. The molecular weight excluding hydrogens is 362 g/mol. The minimum Gasteiger partial charge on any atom is -0.373 e. The number of benzene rings is 1. The zero-order valence-electron chi connectivity index (χ0n) is 15.5. The van der Waals surface area contributed by atoms with Gasteiger partial charge in [0.15, 0.2) is 0 Å². The Hall–Kier alpha value is -3.13. The van der Waals surface area contributed by atoms with Gasteiger partial charge in [0.05, 0.1) is 5.52 Å². The molecule has 1 saturated heterocycles. The van der Waals surface area contributed by atoms with Crippen molar-refractivity contribution in [3.63, 3.8) is 0 Å². The number of aromatic nitrogens is 1. The Morgan fingerprint density at radius 1 is 1.21 bits per heavy atom. The van der Waals surface area contributed by atoms with Crippen molar-refractivity contribution in [2.75, 3.05) is 13.6 Å². The van der Waals surface area contributed by atoms with E-state index in [1.807, 2.05) is 18.3 Å². The number of nitrogens with two attached hydrogens (primary N) is 1. The van der Waals surface area contributed by atoms with Crippen molar-refractivity contribution >= 4 is 28.9 Å². The van der Waals surface area contributed by atoms with E-state index in [1.165, 1.54) is 16.7 Å². The Morgan fingerprint density at radius 2 is 2.00 bits per heavy atom. The second-order valence-corrected chi connectivity index (χ2v) is 7.21. The fourth-order valence-electron chi connectivity index (χ4n) is 4.41. The number of amides is 1. The third-order valence-corrected chi connectivity index (χ3v) is 5.54. The number of carbonyl (C=O) groups excluding carboxylic acids is 3. The molecule has 1 aliphatic heterocycles. The summed E-state index contributed by atoms with van der Waals surface area (Å²) in [7, 11) is 2.16. The molecule has 1 amide bonds. The van der Waals surface area contributed by atoms with Gasteiger partial charge in [-0.2, -0.15) is 4.73 Å². The molecule has 4 rings (SSSR count). The van der Waals surface area contributed by atoms with E-state index in [0.717, 1.165) is 48.0 Å². The minimum absolute atomic E-state index is 0.446. The van der Waals surface area contributed by atoms with Gasteiger partial charge in [0, 0.05) is 35.7 Å². The molecule has 2 aromatic rings. The predicted octanol–water partition coefficient (Wildman–Crippen LogP) is 1.51. The van der Waals surface area contributed by atoms with E-state index in [9.17, 15) is 14.4 Å². The lowest BCUT2D eigenvalue weighted by Gasteiger charge is -2.42. The van der Waals surface area contributed by atoms with E-state index in [1.54, 1.807) is 0 Å². The molecule has 8 nitrogen and oxygen atoms in total. The monoisotopic (exact) mass is 383 g/mol. The maximum atomic E-state index is 12.1. The number of hydrogen-bond donors (Lipinski definition) is 1. The quantitative estimate of drug-likeness (QED) is 0.489. The molecule has 1 aromatic heterocycles. The van der Waals surface area contributed by atoms with Gasteiger partial charge in [-0.05, 0) is 50.0 Å². The lowest BCUT2D eigenvalue weighted by atomic mass is 9.75. The van der Waals surface area contributed by atoms with Crippen molar-refractivity contribution in [1.29, 1.82) is 0 Å². The van der Waals surface area contributed by atoms with Gasteiger partial charge in [-0.3, -0.25) is 0 Å². The largest absolute Gasteiger partial charge is 0.412 e.